The fourth-order valence-electron chi connectivity index (χ4n) is 1.80. The molecule has 1 atom stereocenters. The topological polar surface area (TPSA) is 72.5 Å². The highest BCUT2D eigenvalue weighted by Crippen LogP contribution is 2.28. The van der Waals surface area contributed by atoms with Crippen molar-refractivity contribution < 1.29 is 14.6 Å². The third-order valence-electron chi connectivity index (χ3n) is 3.02. The molecule has 4 heteroatoms. The van der Waals surface area contributed by atoms with Crippen LogP contribution in [0.1, 0.15) is 32.3 Å². The lowest BCUT2D eigenvalue weighted by Gasteiger charge is -2.26. The Balaban J connectivity index is 2.84. The van der Waals surface area contributed by atoms with Crippen LogP contribution in [0.25, 0.3) is 0 Å². The van der Waals surface area contributed by atoms with Gasteiger partial charge in [0.15, 0.2) is 0 Å². The van der Waals surface area contributed by atoms with Crippen molar-refractivity contribution in [1.82, 2.24) is 0 Å². The summed E-state index contributed by atoms with van der Waals surface area (Å²) >= 11 is 0. The van der Waals surface area contributed by atoms with Gasteiger partial charge < -0.3 is 15.6 Å². The molecule has 4 nitrogen and oxygen atoms in total. The standard InChI is InChI=1S/C14H21NO3/c1-3-8-18-12-6-4-11(5-7-12)14(2,10-15)9-13(16)17/h4-7H,3,8-10,15H2,1-2H3,(H,16,17). The van der Waals surface area contributed by atoms with E-state index in [1.54, 1.807) is 0 Å². The zero-order valence-corrected chi connectivity index (χ0v) is 11.0. The number of benzene rings is 1. The molecule has 3 N–H and O–H groups in total. The molecule has 18 heavy (non-hydrogen) atoms. The van der Waals surface area contributed by atoms with Crippen LogP contribution in [0.15, 0.2) is 24.3 Å². The summed E-state index contributed by atoms with van der Waals surface area (Å²) < 4.78 is 5.49. The number of aliphatic carboxylic acids is 1. The Morgan fingerprint density at radius 1 is 1.39 bits per heavy atom. The number of carbonyl (C=O) groups is 1. The molecule has 1 unspecified atom stereocenters. The highest BCUT2D eigenvalue weighted by Gasteiger charge is 2.28. The lowest BCUT2D eigenvalue weighted by Crippen LogP contribution is -2.34. The number of carboxylic acids is 1. The smallest absolute Gasteiger partial charge is 0.304 e. The van der Waals surface area contributed by atoms with E-state index in [2.05, 4.69) is 0 Å². The number of ether oxygens (including phenoxy) is 1. The minimum atomic E-state index is -0.839. The fourth-order valence-corrected chi connectivity index (χ4v) is 1.80. The summed E-state index contributed by atoms with van der Waals surface area (Å²) in [5.41, 5.74) is 6.11. The van der Waals surface area contributed by atoms with Crippen LogP contribution in [0.4, 0.5) is 0 Å². The van der Waals surface area contributed by atoms with E-state index in [0.717, 1.165) is 17.7 Å². The molecule has 0 aromatic heterocycles. The molecular weight excluding hydrogens is 230 g/mol. The second-order valence-electron chi connectivity index (χ2n) is 4.71. The van der Waals surface area contributed by atoms with Gasteiger partial charge >= 0.3 is 5.97 Å². The van der Waals surface area contributed by atoms with Crippen LogP contribution in [0.5, 0.6) is 5.75 Å². The average molecular weight is 251 g/mol. The quantitative estimate of drug-likeness (QED) is 0.779. The Bertz CT molecular complexity index is 389. The predicted octanol–water partition coefficient (Wildman–Crippen LogP) is 2.17. The van der Waals surface area contributed by atoms with Crippen molar-refractivity contribution in [2.45, 2.75) is 32.1 Å². The minimum Gasteiger partial charge on any atom is -0.494 e. The molecule has 0 heterocycles. The molecule has 0 saturated carbocycles. The number of hydrogen-bond donors (Lipinski definition) is 2. The van der Waals surface area contributed by atoms with E-state index < -0.39 is 11.4 Å². The molecule has 0 fully saturated rings. The summed E-state index contributed by atoms with van der Waals surface area (Å²) in [7, 11) is 0. The van der Waals surface area contributed by atoms with Crippen LogP contribution in [0.2, 0.25) is 0 Å². The molecule has 1 aromatic rings. The van der Waals surface area contributed by atoms with Gasteiger partial charge in [-0.3, -0.25) is 4.79 Å². The number of carboxylic acid groups (broad SMARTS) is 1. The zero-order valence-electron chi connectivity index (χ0n) is 11.0. The van der Waals surface area contributed by atoms with Crippen LogP contribution in [-0.2, 0) is 10.2 Å². The van der Waals surface area contributed by atoms with E-state index in [4.69, 9.17) is 15.6 Å². The van der Waals surface area contributed by atoms with Crippen molar-refractivity contribution in [3.8, 4) is 5.75 Å². The second kappa shape index (κ2) is 6.40. The van der Waals surface area contributed by atoms with Gasteiger partial charge in [0.2, 0.25) is 0 Å². The molecule has 0 bridgehead atoms. The fraction of sp³-hybridized carbons (Fsp3) is 0.500. The largest absolute Gasteiger partial charge is 0.494 e. The van der Waals surface area contributed by atoms with Crippen molar-refractivity contribution in [3.05, 3.63) is 29.8 Å². The zero-order chi connectivity index (χ0) is 13.6. The van der Waals surface area contributed by atoms with E-state index in [1.807, 2.05) is 38.1 Å². The number of rotatable bonds is 7. The molecule has 0 aliphatic heterocycles. The highest BCUT2D eigenvalue weighted by atomic mass is 16.5. The Labute approximate surface area is 108 Å². The summed E-state index contributed by atoms with van der Waals surface area (Å²) in [6, 6.07) is 7.50. The van der Waals surface area contributed by atoms with Crippen molar-refractivity contribution in [1.29, 1.82) is 0 Å². The normalized spacial score (nSPS) is 13.9. The maximum atomic E-state index is 10.9. The summed E-state index contributed by atoms with van der Waals surface area (Å²) in [4.78, 5) is 10.9. The maximum Gasteiger partial charge on any atom is 0.304 e. The molecule has 0 aliphatic rings. The van der Waals surface area contributed by atoms with Crippen LogP contribution in [0, 0.1) is 0 Å². The third kappa shape index (κ3) is 3.74. The second-order valence-corrected chi connectivity index (χ2v) is 4.71. The number of hydrogen-bond acceptors (Lipinski definition) is 3. The van der Waals surface area contributed by atoms with Crippen LogP contribution >= 0.6 is 0 Å². The van der Waals surface area contributed by atoms with Crippen molar-refractivity contribution >= 4 is 5.97 Å². The monoisotopic (exact) mass is 251 g/mol. The Morgan fingerprint density at radius 2 is 2.00 bits per heavy atom. The van der Waals surface area contributed by atoms with Gasteiger partial charge in [-0.25, -0.2) is 0 Å². The van der Waals surface area contributed by atoms with E-state index in [9.17, 15) is 4.79 Å². The van der Waals surface area contributed by atoms with Gasteiger partial charge in [0.1, 0.15) is 5.75 Å². The van der Waals surface area contributed by atoms with Gasteiger partial charge in [-0.15, -0.1) is 0 Å². The van der Waals surface area contributed by atoms with Gasteiger partial charge in [0, 0.05) is 12.0 Å². The molecular formula is C14H21NO3. The first-order valence-corrected chi connectivity index (χ1v) is 6.17. The first-order valence-electron chi connectivity index (χ1n) is 6.17. The van der Waals surface area contributed by atoms with E-state index >= 15 is 0 Å². The van der Waals surface area contributed by atoms with E-state index in [-0.39, 0.29) is 6.42 Å². The van der Waals surface area contributed by atoms with Gasteiger partial charge in [0.05, 0.1) is 13.0 Å². The van der Waals surface area contributed by atoms with E-state index in [0.29, 0.717) is 13.2 Å². The molecule has 0 saturated heterocycles. The van der Waals surface area contributed by atoms with Gasteiger partial charge in [0.25, 0.3) is 0 Å². The highest BCUT2D eigenvalue weighted by molar-refractivity contribution is 5.69. The van der Waals surface area contributed by atoms with Crippen LogP contribution in [0.3, 0.4) is 0 Å². The van der Waals surface area contributed by atoms with Gasteiger partial charge in [-0.2, -0.15) is 0 Å². The summed E-state index contributed by atoms with van der Waals surface area (Å²) in [6.45, 7) is 4.90. The van der Waals surface area contributed by atoms with Crippen LogP contribution in [-0.4, -0.2) is 24.2 Å². The molecule has 0 aliphatic carbocycles. The SMILES string of the molecule is CCCOc1ccc(C(C)(CN)CC(=O)O)cc1. The first-order chi connectivity index (χ1) is 8.51. The molecule has 0 radical (unpaired) electrons. The van der Waals surface area contributed by atoms with Crippen molar-refractivity contribution in [2.75, 3.05) is 13.2 Å². The maximum absolute atomic E-state index is 10.9. The lowest BCUT2D eigenvalue weighted by atomic mass is 9.79. The summed E-state index contributed by atoms with van der Waals surface area (Å²) in [5.74, 6) is -0.0374. The molecule has 0 spiro atoms. The predicted molar refractivity (Wildman–Crippen MR) is 70.9 cm³/mol. The Hall–Kier alpha value is -1.55. The Kier molecular flexibility index (Phi) is 5.16. The molecule has 0 amide bonds. The van der Waals surface area contributed by atoms with Gasteiger partial charge in [-0.1, -0.05) is 26.0 Å². The summed E-state index contributed by atoms with van der Waals surface area (Å²) in [5, 5.41) is 8.93. The lowest BCUT2D eigenvalue weighted by molar-refractivity contribution is -0.138. The van der Waals surface area contributed by atoms with Crippen LogP contribution < -0.4 is 10.5 Å². The van der Waals surface area contributed by atoms with Gasteiger partial charge in [-0.05, 0) is 24.1 Å². The average Bonchev–Trinajstić information content (AvgIpc) is 2.36. The van der Waals surface area contributed by atoms with Crippen molar-refractivity contribution in [2.24, 2.45) is 5.73 Å². The first kappa shape index (κ1) is 14.5. The Morgan fingerprint density at radius 3 is 2.44 bits per heavy atom. The summed E-state index contributed by atoms with van der Waals surface area (Å²) in [6.07, 6.45) is 0.986. The third-order valence-corrected chi connectivity index (χ3v) is 3.02. The molecule has 100 valence electrons. The molecule has 1 rings (SSSR count). The van der Waals surface area contributed by atoms with Crippen molar-refractivity contribution in [3.63, 3.8) is 0 Å². The number of nitrogens with two attached hydrogens (primary N) is 1. The molecule has 1 aromatic carbocycles. The van der Waals surface area contributed by atoms with E-state index in [1.165, 1.54) is 0 Å². The minimum absolute atomic E-state index is 0.0265.